The Bertz CT molecular complexity index is 1660. The lowest BCUT2D eigenvalue weighted by atomic mass is 10.1. The number of halogens is 2. The van der Waals surface area contributed by atoms with Crippen LogP contribution in [0.5, 0.6) is 0 Å². The number of carbonyl (C=O) groups excluding carboxylic acids is 1. The Hall–Kier alpha value is -4.25. The lowest BCUT2D eigenvalue weighted by molar-refractivity contribution is -0.120. The molecule has 0 aliphatic rings. The number of aryl methyl sites for hydroxylation is 2. The van der Waals surface area contributed by atoms with Crippen molar-refractivity contribution >= 4 is 22.2 Å². The number of rotatable bonds is 6. The summed E-state index contributed by atoms with van der Waals surface area (Å²) in [5.41, 5.74) is 2.20. The molecule has 4 aromatic heterocycles. The van der Waals surface area contributed by atoms with Gasteiger partial charge in [-0.3, -0.25) is 19.0 Å². The molecule has 1 aromatic carbocycles. The third-order valence-corrected chi connectivity index (χ3v) is 6.51. The molecular weight excluding hydrogens is 486 g/mol. The summed E-state index contributed by atoms with van der Waals surface area (Å²) < 4.78 is 30.8. The molecule has 0 fully saturated rings. The van der Waals surface area contributed by atoms with Crippen LogP contribution in [0.4, 0.5) is 8.78 Å². The summed E-state index contributed by atoms with van der Waals surface area (Å²) in [5, 5.41) is 8.92. The molecule has 0 bridgehead atoms. The first-order valence-corrected chi connectivity index (χ1v) is 11.9. The number of carbonyl (C=O) groups is 1. The van der Waals surface area contributed by atoms with Crippen LogP contribution in [0.1, 0.15) is 22.8 Å². The average Bonchev–Trinajstić information content (AvgIpc) is 3.43. The van der Waals surface area contributed by atoms with Gasteiger partial charge in [0.1, 0.15) is 23.0 Å². The first kappa shape index (κ1) is 23.5. The standard InChI is InChI=1S/C25H20F2N6O2S/c1-14-9-20(31-33(14)21-10-16(26)6-7-19(21)27)23-15(2)30-25-32(24(23)35)18(13-36-25)11-22(34)29-12-17-5-3-4-8-28-17/h3-10,13H,11-12H2,1-2H3,(H,29,34). The van der Waals surface area contributed by atoms with E-state index in [9.17, 15) is 18.4 Å². The van der Waals surface area contributed by atoms with Gasteiger partial charge in [0.15, 0.2) is 4.96 Å². The fraction of sp³-hybridized carbons (Fsp3) is 0.160. The highest BCUT2D eigenvalue weighted by molar-refractivity contribution is 7.15. The van der Waals surface area contributed by atoms with Crippen molar-refractivity contribution in [2.24, 2.45) is 0 Å². The molecule has 11 heteroatoms. The number of nitrogens with zero attached hydrogens (tertiary/aromatic N) is 5. The van der Waals surface area contributed by atoms with Crippen LogP contribution in [0, 0.1) is 25.5 Å². The highest BCUT2D eigenvalue weighted by Gasteiger charge is 2.21. The van der Waals surface area contributed by atoms with Crippen LogP contribution in [0.2, 0.25) is 0 Å². The quantitative estimate of drug-likeness (QED) is 0.379. The minimum atomic E-state index is -0.645. The van der Waals surface area contributed by atoms with Gasteiger partial charge in [-0.15, -0.1) is 11.3 Å². The van der Waals surface area contributed by atoms with Gasteiger partial charge in [-0.2, -0.15) is 5.10 Å². The zero-order valence-corrected chi connectivity index (χ0v) is 20.1. The average molecular weight is 507 g/mol. The van der Waals surface area contributed by atoms with Crippen molar-refractivity contribution in [2.75, 3.05) is 0 Å². The zero-order chi connectivity index (χ0) is 25.4. The van der Waals surface area contributed by atoms with Crippen molar-refractivity contribution in [3.05, 3.63) is 98.8 Å². The molecule has 0 spiro atoms. The maximum absolute atomic E-state index is 14.4. The molecule has 5 rings (SSSR count). The van der Waals surface area contributed by atoms with Gasteiger partial charge in [-0.05, 0) is 44.2 Å². The number of thiazole rings is 1. The van der Waals surface area contributed by atoms with Gasteiger partial charge in [0, 0.05) is 29.0 Å². The van der Waals surface area contributed by atoms with E-state index in [1.807, 2.05) is 6.07 Å². The topological polar surface area (TPSA) is 94.2 Å². The monoisotopic (exact) mass is 506 g/mol. The van der Waals surface area contributed by atoms with Crippen LogP contribution in [-0.4, -0.2) is 30.1 Å². The number of amides is 1. The van der Waals surface area contributed by atoms with Crippen molar-refractivity contribution < 1.29 is 13.6 Å². The van der Waals surface area contributed by atoms with Gasteiger partial charge in [-0.1, -0.05) is 6.07 Å². The predicted octanol–water partition coefficient (Wildman–Crippen LogP) is 3.76. The molecule has 36 heavy (non-hydrogen) atoms. The molecule has 182 valence electrons. The Morgan fingerprint density at radius 3 is 2.75 bits per heavy atom. The fourth-order valence-electron chi connectivity index (χ4n) is 3.93. The maximum atomic E-state index is 14.4. The van der Waals surface area contributed by atoms with Crippen LogP contribution in [0.25, 0.3) is 21.9 Å². The van der Waals surface area contributed by atoms with Crippen LogP contribution < -0.4 is 10.9 Å². The van der Waals surface area contributed by atoms with Crippen molar-refractivity contribution in [3.8, 4) is 16.9 Å². The molecule has 0 saturated heterocycles. The molecule has 0 unspecified atom stereocenters. The van der Waals surface area contributed by atoms with Gasteiger partial charge >= 0.3 is 0 Å². The maximum Gasteiger partial charge on any atom is 0.268 e. The summed E-state index contributed by atoms with van der Waals surface area (Å²) in [6, 6.07) is 10.1. The Balaban J connectivity index is 1.49. The summed E-state index contributed by atoms with van der Waals surface area (Å²) in [6.45, 7) is 3.64. The lowest BCUT2D eigenvalue weighted by Gasteiger charge is -2.07. The van der Waals surface area contributed by atoms with E-state index in [0.717, 1.165) is 23.9 Å². The first-order valence-electron chi connectivity index (χ1n) is 11.0. The SMILES string of the molecule is Cc1nc2scc(CC(=O)NCc3ccccn3)n2c(=O)c1-c1cc(C)n(-c2cc(F)ccc2F)n1. The summed E-state index contributed by atoms with van der Waals surface area (Å²) in [6.07, 6.45) is 1.62. The number of pyridine rings is 1. The Morgan fingerprint density at radius 2 is 1.97 bits per heavy atom. The van der Waals surface area contributed by atoms with Crippen LogP contribution in [-0.2, 0) is 17.8 Å². The molecule has 8 nitrogen and oxygen atoms in total. The second-order valence-electron chi connectivity index (χ2n) is 8.18. The summed E-state index contributed by atoms with van der Waals surface area (Å²) in [7, 11) is 0. The molecule has 0 aliphatic heterocycles. The summed E-state index contributed by atoms with van der Waals surface area (Å²) in [5.74, 6) is -1.52. The molecule has 0 atom stereocenters. The normalized spacial score (nSPS) is 11.2. The van der Waals surface area contributed by atoms with E-state index in [-0.39, 0.29) is 35.8 Å². The van der Waals surface area contributed by atoms with Gasteiger partial charge in [0.25, 0.3) is 5.56 Å². The Kier molecular flexibility index (Phi) is 6.15. The van der Waals surface area contributed by atoms with E-state index in [1.54, 1.807) is 43.6 Å². The summed E-state index contributed by atoms with van der Waals surface area (Å²) >= 11 is 1.25. The summed E-state index contributed by atoms with van der Waals surface area (Å²) in [4.78, 5) is 35.3. The minimum Gasteiger partial charge on any atom is -0.350 e. The Labute approximate surface area is 207 Å². The van der Waals surface area contributed by atoms with E-state index in [4.69, 9.17) is 0 Å². The highest BCUT2D eigenvalue weighted by Crippen LogP contribution is 2.24. The number of aromatic nitrogens is 5. The lowest BCUT2D eigenvalue weighted by Crippen LogP contribution is -2.27. The molecule has 0 saturated carbocycles. The number of hydrogen-bond acceptors (Lipinski definition) is 6. The molecular formula is C25H20F2N6O2S. The second kappa shape index (κ2) is 9.42. The van der Waals surface area contributed by atoms with Crippen molar-refractivity contribution in [2.45, 2.75) is 26.8 Å². The molecule has 1 N–H and O–H groups in total. The Morgan fingerprint density at radius 1 is 1.14 bits per heavy atom. The number of hydrogen-bond donors (Lipinski definition) is 1. The number of fused-ring (bicyclic) bond motifs is 1. The molecule has 5 aromatic rings. The first-order chi connectivity index (χ1) is 17.3. The minimum absolute atomic E-state index is 0.0289. The van der Waals surface area contributed by atoms with Crippen LogP contribution >= 0.6 is 11.3 Å². The molecule has 4 heterocycles. The van der Waals surface area contributed by atoms with Gasteiger partial charge in [-0.25, -0.2) is 18.4 Å². The van der Waals surface area contributed by atoms with E-state index in [0.29, 0.717) is 22.0 Å². The molecule has 0 aliphatic carbocycles. The van der Waals surface area contributed by atoms with E-state index in [1.165, 1.54) is 20.4 Å². The third-order valence-electron chi connectivity index (χ3n) is 5.64. The van der Waals surface area contributed by atoms with Gasteiger partial charge in [0.2, 0.25) is 5.91 Å². The smallest absolute Gasteiger partial charge is 0.268 e. The fourth-order valence-corrected chi connectivity index (χ4v) is 4.86. The largest absolute Gasteiger partial charge is 0.350 e. The number of nitrogens with one attached hydrogen (secondary N) is 1. The zero-order valence-electron chi connectivity index (χ0n) is 19.3. The van der Waals surface area contributed by atoms with Crippen LogP contribution in [0.3, 0.4) is 0 Å². The predicted molar refractivity (Wildman–Crippen MR) is 131 cm³/mol. The second-order valence-corrected chi connectivity index (χ2v) is 9.01. The van der Waals surface area contributed by atoms with Crippen molar-refractivity contribution in [1.29, 1.82) is 0 Å². The number of benzene rings is 1. The molecule has 0 radical (unpaired) electrons. The van der Waals surface area contributed by atoms with Gasteiger partial charge in [0.05, 0.1) is 29.9 Å². The van der Waals surface area contributed by atoms with Gasteiger partial charge < -0.3 is 5.32 Å². The third kappa shape index (κ3) is 4.40. The molecule has 1 amide bonds. The van der Waals surface area contributed by atoms with Crippen molar-refractivity contribution in [1.82, 2.24) is 29.5 Å². The highest BCUT2D eigenvalue weighted by atomic mass is 32.1. The van der Waals surface area contributed by atoms with E-state index in [2.05, 4.69) is 20.4 Å². The van der Waals surface area contributed by atoms with E-state index >= 15 is 0 Å². The van der Waals surface area contributed by atoms with Crippen LogP contribution in [0.15, 0.2) is 58.8 Å². The van der Waals surface area contributed by atoms with E-state index < -0.39 is 17.2 Å². The van der Waals surface area contributed by atoms with Crippen molar-refractivity contribution in [3.63, 3.8) is 0 Å².